The monoisotopic (exact) mass is 502 g/mol. The maximum absolute atomic E-state index is 12.9. The molecule has 0 unspecified atom stereocenters. The Bertz CT molecular complexity index is 1150. The molecule has 0 N–H and O–H groups in total. The van der Waals surface area contributed by atoms with Gasteiger partial charge in [0.25, 0.3) is 0 Å². The summed E-state index contributed by atoms with van der Waals surface area (Å²) in [6.45, 7) is 0.138. The minimum Gasteiger partial charge on any atom is -0.380 e. The van der Waals surface area contributed by atoms with E-state index < -0.39 is 15.6 Å². The second kappa shape index (κ2) is 8.75. The Balaban J connectivity index is 2.28. The van der Waals surface area contributed by atoms with Crippen molar-refractivity contribution in [2.24, 2.45) is 0 Å². The first kappa shape index (κ1) is 22.3. The third-order valence-electron chi connectivity index (χ3n) is 4.14. The number of ether oxygens (including phenoxy) is 1. The topological polar surface area (TPSA) is 56.5 Å². The number of aromatic nitrogens is 1. The van der Waals surface area contributed by atoms with Gasteiger partial charge in [-0.3, -0.25) is 0 Å². The lowest BCUT2D eigenvalue weighted by Gasteiger charge is -2.13. The first-order valence-corrected chi connectivity index (χ1v) is 10.7. The van der Waals surface area contributed by atoms with E-state index in [9.17, 15) is 21.6 Å². The Morgan fingerprint density at radius 1 is 0.967 bits per heavy atom. The molecular weight excluding hydrogens is 487 g/mol. The van der Waals surface area contributed by atoms with Crippen LogP contribution in [0.1, 0.15) is 5.56 Å². The molecule has 0 saturated carbocycles. The molecule has 0 bridgehead atoms. The number of hydrogen-bond donors (Lipinski definition) is 0. The second-order valence-corrected chi connectivity index (χ2v) is 8.64. The van der Waals surface area contributed by atoms with Gasteiger partial charge in [0.1, 0.15) is 0 Å². The summed E-state index contributed by atoms with van der Waals surface area (Å²) in [6, 6.07) is 15.9. The molecule has 0 radical (unpaired) electrons. The third-order valence-corrected chi connectivity index (χ3v) is 5.57. The fraction of sp³-hybridized carbons (Fsp3) is 0.150. The highest BCUT2D eigenvalue weighted by atomic mass is 79.9. The van der Waals surface area contributed by atoms with Crippen molar-refractivity contribution in [1.82, 2.24) is 0 Å². The van der Waals surface area contributed by atoms with Crippen molar-refractivity contribution in [3.05, 3.63) is 77.0 Å². The van der Waals surface area contributed by atoms with E-state index in [4.69, 9.17) is 4.74 Å². The molecule has 0 aliphatic carbocycles. The number of benzene rings is 2. The predicted octanol–water partition coefficient (Wildman–Crippen LogP) is 4.50. The molecule has 0 aliphatic rings. The smallest absolute Gasteiger partial charge is 0.380 e. The van der Waals surface area contributed by atoms with Gasteiger partial charge >= 0.3 is 15.6 Å². The van der Waals surface area contributed by atoms with E-state index in [0.717, 1.165) is 4.47 Å². The summed E-state index contributed by atoms with van der Waals surface area (Å²) in [7, 11) is -4.37. The highest BCUT2D eigenvalue weighted by Gasteiger charge is 2.52. The van der Waals surface area contributed by atoms with Crippen LogP contribution in [0, 0.1) is 0 Å². The number of nitrogens with zero attached hydrogens (tertiary/aromatic N) is 1. The van der Waals surface area contributed by atoms with Gasteiger partial charge in [-0.2, -0.15) is 21.6 Å². The summed E-state index contributed by atoms with van der Waals surface area (Å²) in [4.78, 5) is 0. The predicted molar refractivity (Wildman–Crippen MR) is 107 cm³/mol. The van der Waals surface area contributed by atoms with E-state index >= 15 is 0 Å². The van der Waals surface area contributed by atoms with Crippen LogP contribution in [-0.4, -0.2) is 21.0 Å². The highest BCUT2D eigenvalue weighted by molar-refractivity contribution is 9.10. The average molecular weight is 503 g/mol. The average Bonchev–Trinajstić information content (AvgIpc) is 2.68. The zero-order valence-corrected chi connectivity index (χ0v) is 18.0. The molecule has 0 saturated heterocycles. The minimum atomic E-state index is -5.86. The van der Waals surface area contributed by atoms with Crippen LogP contribution in [0.25, 0.3) is 22.3 Å². The number of hydrogen-bond acceptors (Lipinski definition) is 4. The molecule has 1 heterocycles. The van der Waals surface area contributed by atoms with Gasteiger partial charge in [0.2, 0.25) is 12.4 Å². The maximum atomic E-state index is 12.9. The minimum absolute atomic E-state index is 0.138. The van der Waals surface area contributed by atoms with Crippen LogP contribution < -0.4 is 9.01 Å². The number of rotatable bonds is 6. The summed E-state index contributed by atoms with van der Waals surface area (Å²) < 4.78 is 72.7. The lowest BCUT2D eigenvalue weighted by Crippen LogP contribution is -2.50. The van der Waals surface area contributed by atoms with Crippen molar-refractivity contribution in [3.63, 3.8) is 0 Å². The molecule has 158 valence electrons. The van der Waals surface area contributed by atoms with Gasteiger partial charge in [0.05, 0.1) is 17.7 Å². The molecule has 2 aromatic carbocycles. The normalized spacial score (nSPS) is 12.0. The molecule has 0 spiro atoms. The molecule has 3 aromatic rings. The van der Waals surface area contributed by atoms with Gasteiger partial charge < -0.3 is 4.74 Å². The van der Waals surface area contributed by atoms with Crippen molar-refractivity contribution >= 4 is 26.0 Å². The number of alkyl halides is 3. The van der Waals surface area contributed by atoms with Gasteiger partial charge in [-0.1, -0.05) is 58.4 Å². The Kier molecular flexibility index (Phi) is 6.49. The van der Waals surface area contributed by atoms with Gasteiger partial charge in [-0.15, -0.1) is 4.28 Å². The standard InChI is InChI=1S/C20H16BrF3NO4S/c1-28-13-19-17(14-6-3-2-4-7-14)11-25(29-30(26,27)20(22,23)24)12-18(19)15-8-5-9-16(21)10-15/h2-12H,13H2,1H3/q+1. The number of halogens is 4. The number of methoxy groups -OCH3 is 1. The van der Waals surface area contributed by atoms with Crippen LogP contribution in [-0.2, 0) is 21.5 Å². The van der Waals surface area contributed by atoms with Crippen molar-refractivity contribution in [2.45, 2.75) is 12.1 Å². The van der Waals surface area contributed by atoms with Crippen LogP contribution in [0.3, 0.4) is 0 Å². The highest BCUT2D eigenvalue weighted by Crippen LogP contribution is 2.33. The van der Waals surface area contributed by atoms with Crippen LogP contribution >= 0.6 is 15.9 Å². The summed E-state index contributed by atoms with van der Waals surface area (Å²) in [5.41, 5.74) is -2.69. The maximum Gasteiger partial charge on any atom is 0.540 e. The van der Waals surface area contributed by atoms with Crippen LogP contribution in [0.4, 0.5) is 13.2 Å². The van der Waals surface area contributed by atoms with Gasteiger partial charge in [-0.05, 0) is 23.3 Å². The van der Waals surface area contributed by atoms with Crippen molar-refractivity contribution in [1.29, 1.82) is 0 Å². The first-order valence-electron chi connectivity index (χ1n) is 8.52. The molecular formula is C20H16BrF3NO4S+. The molecule has 0 aliphatic heterocycles. The van der Waals surface area contributed by atoms with E-state index in [1.54, 1.807) is 54.6 Å². The SMILES string of the molecule is COCc1c(-c2ccccc2)c[n+](OS(=O)(=O)C(F)(F)F)cc1-c1cccc(Br)c1. The lowest BCUT2D eigenvalue weighted by molar-refractivity contribution is -0.856. The summed E-state index contributed by atoms with van der Waals surface area (Å²) >= 11 is 3.37. The van der Waals surface area contributed by atoms with E-state index in [-0.39, 0.29) is 6.61 Å². The Morgan fingerprint density at radius 2 is 1.57 bits per heavy atom. The second-order valence-electron chi connectivity index (χ2n) is 6.21. The largest absolute Gasteiger partial charge is 0.540 e. The fourth-order valence-electron chi connectivity index (χ4n) is 2.86. The zero-order chi connectivity index (χ0) is 21.9. The van der Waals surface area contributed by atoms with Gasteiger partial charge in [-0.25, -0.2) is 0 Å². The third kappa shape index (κ3) is 4.82. The van der Waals surface area contributed by atoms with Crippen molar-refractivity contribution in [3.8, 4) is 22.3 Å². The number of pyridine rings is 1. The van der Waals surface area contributed by atoms with E-state index in [1.807, 2.05) is 0 Å². The van der Waals surface area contributed by atoms with E-state index in [0.29, 0.717) is 32.5 Å². The Labute approximate surface area is 179 Å². The van der Waals surface area contributed by atoms with Crippen molar-refractivity contribution in [2.75, 3.05) is 7.11 Å². The quantitative estimate of drug-likeness (QED) is 0.368. The summed E-state index contributed by atoms with van der Waals surface area (Å²) in [6.07, 6.45) is 2.38. The zero-order valence-electron chi connectivity index (χ0n) is 15.6. The molecule has 30 heavy (non-hydrogen) atoms. The molecule has 1 aromatic heterocycles. The van der Waals surface area contributed by atoms with Crippen LogP contribution in [0.5, 0.6) is 0 Å². The van der Waals surface area contributed by atoms with Crippen molar-refractivity contribution < 1.29 is 35.3 Å². The van der Waals surface area contributed by atoms with Crippen LogP contribution in [0.2, 0.25) is 0 Å². The Morgan fingerprint density at radius 3 is 2.13 bits per heavy atom. The lowest BCUT2D eigenvalue weighted by atomic mass is 9.95. The molecule has 0 fully saturated rings. The summed E-state index contributed by atoms with van der Waals surface area (Å²) in [5.74, 6) is 0. The molecule has 0 amide bonds. The molecule has 3 rings (SSSR count). The molecule has 10 heteroatoms. The molecule has 5 nitrogen and oxygen atoms in total. The first-order chi connectivity index (χ1) is 14.1. The van der Waals surface area contributed by atoms with E-state index in [1.165, 1.54) is 19.5 Å². The van der Waals surface area contributed by atoms with Crippen LogP contribution in [0.15, 0.2) is 71.5 Å². The van der Waals surface area contributed by atoms with Gasteiger partial charge in [0.15, 0.2) is 0 Å². The fourth-order valence-corrected chi connectivity index (χ4v) is 3.66. The summed E-state index contributed by atoms with van der Waals surface area (Å²) in [5, 5.41) is 0. The molecule has 0 atom stereocenters. The van der Waals surface area contributed by atoms with Gasteiger partial charge in [0, 0.05) is 21.9 Å². The van der Waals surface area contributed by atoms with E-state index in [2.05, 4.69) is 20.2 Å². The Hall–Kier alpha value is -2.43.